The van der Waals surface area contributed by atoms with E-state index in [1.165, 1.54) is 12.0 Å². The van der Waals surface area contributed by atoms with Gasteiger partial charge in [0.05, 0.1) is 6.54 Å². The number of rotatable bonds is 6. The van der Waals surface area contributed by atoms with Crippen molar-refractivity contribution in [3.8, 4) is 0 Å². The lowest BCUT2D eigenvalue weighted by atomic mass is 9.69. The normalized spacial score (nSPS) is 26.2. The molecule has 1 atom stereocenters. The first kappa shape index (κ1) is 23.3. The van der Waals surface area contributed by atoms with E-state index in [4.69, 9.17) is 0 Å². The Kier molecular flexibility index (Phi) is 7.88. The van der Waals surface area contributed by atoms with Gasteiger partial charge >= 0.3 is 0 Å². The summed E-state index contributed by atoms with van der Waals surface area (Å²) < 4.78 is 0. The molecule has 0 aliphatic carbocycles. The molecule has 1 aromatic rings. The summed E-state index contributed by atoms with van der Waals surface area (Å²) in [6.45, 7) is 8.25. The number of amides is 2. The van der Waals surface area contributed by atoms with E-state index in [0.29, 0.717) is 24.3 Å². The average molecular weight is 440 g/mol. The van der Waals surface area contributed by atoms with Gasteiger partial charge in [-0.1, -0.05) is 43.7 Å². The van der Waals surface area contributed by atoms with Gasteiger partial charge in [0, 0.05) is 31.6 Å². The minimum absolute atomic E-state index is 0.254. The second-order valence-electron chi connectivity index (χ2n) is 10.4. The van der Waals surface area contributed by atoms with Gasteiger partial charge in [0.25, 0.3) is 0 Å². The van der Waals surface area contributed by atoms with Crippen molar-refractivity contribution in [2.75, 3.05) is 45.8 Å². The summed E-state index contributed by atoms with van der Waals surface area (Å²) in [4.78, 5) is 32.9. The second-order valence-corrected chi connectivity index (χ2v) is 10.4. The highest BCUT2D eigenvalue weighted by atomic mass is 16.2. The molecule has 0 saturated carbocycles. The Morgan fingerprint density at radius 1 is 0.938 bits per heavy atom. The Bertz CT molecular complexity index is 753. The molecule has 176 valence electrons. The van der Waals surface area contributed by atoms with Crippen molar-refractivity contribution in [2.45, 2.75) is 64.7 Å². The molecular weight excluding hydrogens is 398 g/mol. The maximum atomic E-state index is 13.7. The van der Waals surface area contributed by atoms with Crippen molar-refractivity contribution in [3.63, 3.8) is 0 Å². The number of piperidine rings is 2. The molecule has 3 aliphatic heterocycles. The van der Waals surface area contributed by atoms with Crippen LogP contribution in [0.2, 0.25) is 0 Å². The molecule has 0 unspecified atom stereocenters. The fourth-order valence-corrected chi connectivity index (χ4v) is 6.03. The number of carbonyl (C=O) groups excluding carboxylic acids is 2. The first-order valence-corrected chi connectivity index (χ1v) is 12.9. The fourth-order valence-electron chi connectivity index (χ4n) is 6.03. The maximum absolute atomic E-state index is 13.7. The van der Waals surface area contributed by atoms with Crippen LogP contribution < -0.4 is 0 Å². The lowest BCUT2D eigenvalue weighted by Gasteiger charge is -2.43. The van der Waals surface area contributed by atoms with Crippen LogP contribution in [0, 0.1) is 11.3 Å². The molecule has 1 aromatic carbocycles. The third kappa shape index (κ3) is 5.54. The minimum atomic E-state index is -0.254. The third-order valence-electron chi connectivity index (χ3n) is 8.22. The summed E-state index contributed by atoms with van der Waals surface area (Å²) in [5.74, 6) is 1.09. The van der Waals surface area contributed by atoms with Gasteiger partial charge in [0.15, 0.2) is 0 Å². The predicted octanol–water partition coefficient (Wildman–Crippen LogP) is 3.97. The first-order chi connectivity index (χ1) is 15.6. The zero-order chi connectivity index (χ0) is 22.4. The lowest BCUT2D eigenvalue weighted by Crippen LogP contribution is -2.50. The maximum Gasteiger partial charge on any atom is 0.236 e. The Labute approximate surface area is 194 Å². The Morgan fingerprint density at radius 2 is 1.62 bits per heavy atom. The molecular formula is C27H41N3O2. The summed E-state index contributed by atoms with van der Waals surface area (Å²) in [6, 6.07) is 10.5. The SMILES string of the molecule is C[C@@]1(C2CCN(CC(=O)N3CCCCC3)CC2)CCCCN(CCc2ccccc2)C1=O. The zero-order valence-electron chi connectivity index (χ0n) is 19.9. The van der Waals surface area contributed by atoms with E-state index in [1.807, 2.05) is 6.07 Å². The Morgan fingerprint density at radius 3 is 2.34 bits per heavy atom. The fraction of sp³-hybridized carbons (Fsp3) is 0.704. The Hall–Kier alpha value is -1.88. The van der Waals surface area contributed by atoms with Gasteiger partial charge in [-0.15, -0.1) is 0 Å². The molecule has 4 rings (SSSR count). The molecule has 5 heteroatoms. The monoisotopic (exact) mass is 439 g/mol. The zero-order valence-corrected chi connectivity index (χ0v) is 19.9. The lowest BCUT2D eigenvalue weighted by molar-refractivity contribution is -0.145. The summed E-state index contributed by atoms with van der Waals surface area (Å²) in [6.07, 6.45) is 9.79. The van der Waals surface area contributed by atoms with E-state index in [2.05, 4.69) is 45.9 Å². The van der Waals surface area contributed by atoms with Crippen LogP contribution >= 0.6 is 0 Å². The van der Waals surface area contributed by atoms with Crippen molar-refractivity contribution in [3.05, 3.63) is 35.9 Å². The van der Waals surface area contributed by atoms with Crippen LogP contribution in [0.25, 0.3) is 0 Å². The van der Waals surface area contributed by atoms with E-state index < -0.39 is 0 Å². The Balaban J connectivity index is 1.31. The molecule has 0 spiro atoms. The summed E-state index contributed by atoms with van der Waals surface area (Å²) in [5, 5.41) is 0. The number of carbonyl (C=O) groups is 2. The number of hydrogen-bond donors (Lipinski definition) is 0. The molecule has 0 aromatic heterocycles. The van der Waals surface area contributed by atoms with Gasteiger partial charge < -0.3 is 9.80 Å². The highest BCUT2D eigenvalue weighted by Gasteiger charge is 2.45. The minimum Gasteiger partial charge on any atom is -0.342 e. The van der Waals surface area contributed by atoms with Crippen molar-refractivity contribution >= 4 is 11.8 Å². The van der Waals surface area contributed by atoms with Crippen LogP contribution in [-0.2, 0) is 16.0 Å². The summed E-state index contributed by atoms with van der Waals surface area (Å²) >= 11 is 0. The van der Waals surface area contributed by atoms with Crippen LogP contribution in [0.15, 0.2) is 30.3 Å². The number of likely N-dealkylation sites (tertiary alicyclic amines) is 3. The molecule has 3 saturated heterocycles. The molecule has 5 nitrogen and oxygen atoms in total. The summed E-state index contributed by atoms with van der Waals surface area (Å²) in [5.41, 5.74) is 1.05. The molecule has 3 heterocycles. The smallest absolute Gasteiger partial charge is 0.236 e. The predicted molar refractivity (Wildman–Crippen MR) is 128 cm³/mol. The molecule has 0 radical (unpaired) electrons. The van der Waals surface area contributed by atoms with Gasteiger partial charge in [0.1, 0.15) is 0 Å². The molecule has 2 amide bonds. The van der Waals surface area contributed by atoms with E-state index in [9.17, 15) is 9.59 Å². The molecule has 0 N–H and O–H groups in total. The van der Waals surface area contributed by atoms with Crippen LogP contribution in [-0.4, -0.2) is 72.3 Å². The molecule has 32 heavy (non-hydrogen) atoms. The van der Waals surface area contributed by atoms with Crippen LogP contribution in [0.5, 0.6) is 0 Å². The third-order valence-corrected chi connectivity index (χ3v) is 8.22. The highest BCUT2D eigenvalue weighted by Crippen LogP contribution is 2.42. The number of nitrogens with zero attached hydrogens (tertiary/aromatic N) is 3. The van der Waals surface area contributed by atoms with Crippen LogP contribution in [0.3, 0.4) is 0 Å². The number of benzene rings is 1. The van der Waals surface area contributed by atoms with E-state index in [0.717, 1.165) is 90.6 Å². The number of hydrogen-bond acceptors (Lipinski definition) is 3. The van der Waals surface area contributed by atoms with Gasteiger partial charge in [-0.3, -0.25) is 14.5 Å². The van der Waals surface area contributed by atoms with Crippen molar-refractivity contribution in [1.29, 1.82) is 0 Å². The van der Waals surface area contributed by atoms with Crippen molar-refractivity contribution < 1.29 is 9.59 Å². The van der Waals surface area contributed by atoms with Crippen LogP contribution in [0.4, 0.5) is 0 Å². The average Bonchev–Trinajstić information content (AvgIpc) is 2.98. The van der Waals surface area contributed by atoms with Crippen molar-refractivity contribution in [2.24, 2.45) is 11.3 Å². The molecule has 3 fully saturated rings. The molecule has 3 aliphatic rings. The standard InChI is InChI=1S/C27H41N3O2/c1-27(15-6-9-18-30(26(27)32)21-12-23-10-4-2-5-11-23)24-13-19-28(20-14-24)22-25(31)29-16-7-3-8-17-29/h2,4-5,10-11,24H,3,6-9,12-22H2,1H3/t27-/m0/s1. The summed E-state index contributed by atoms with van der Waals surface area (Å²) in [7, 11) is 0. The second kappa shape index (κ2) is 10.8. The first-order valence-electron chi connectivity index (χ1n) is 12.9. The van der Waals surface area contributed by atoms with Gasteiger partial charge in [-0.05, 0) is 75.9 Å². The van der Waals surface area contributed by atoms with E-state index >= 15 is 0 Å². The quantitative estimate of drug-likeness (QED) is 0.674. The highest BCUT2D eigenvalue weighted by molar-refractivity contribution is 5.83. The van der Waals surface area contributed by atoms with Crippen LogP contribution in [0.1, 0.15) is 63.9 Å². The topological polar surface area (TPSA) is 43.9 Å². The van der Waals surface area contributed by atoms with E-state index in [1.54, 1.807) is 0 Å². The van der Waals surface area contributed by atoms with Gasteiger partial charge in [-0.25, -0.2) is 0 Å². The van der Waals surface area contributed by atoms with Gasteiger partial charge in [-0.2, -0.15) is 0 Å². The van der Waals surface area contributed by atoms with E-state index in [-0.39, 0.29) is 5.41 Å². The van der Waals surface area contributed by atoms with Crippen molar-refractivity contribution in [1.82, 2.24) is 14.7 Å². The van der Waals surface area contributed by atoms with Gasteiger partial charge in [0.2, 0.25) is 11.8 Å². The molecule has 0 bridgehead atoms. The largest absolute Gasteiger partial charge is 0.342 e.